The van der Waals surface area contributed by atoms with E-state index in [1.165, 1.54) is 25.7 Å². The van der Waals surface area contributed by atoms with Crippen LogP contribution in [0.3, 0.4) is 0 Å². The Labute approximate surface area is 116 Å². The van der Waals surface area contributed by atoms with Crippen LogP contribution in [0.4, 0.5) is 0 Å². The maximum atomic E-state index is 10.3. The van der Waals surface area contributed by atoms with Gasteiger partial charge < -0.3 is 9.84 Å². The number of hydrogen-bond acceptors (Lipinski definition) is 2. The molecule has 1 N–H and O–H groups in total. The number of hydrogen-bond donors (Lipinski definition) is 1. The molecule has 0 radical (unpaired) electrons. The van der Waals surface area contributed by atoms with Gasteiger partial charge in [0.05, 0.1) is 12.2 Å². The topological polar surface area (TPSA) is 29.5 Å². The molecule has 2 heteroatoms. The molecule has 19 heavy (non-hydrogen) atoms. The maximum absolute atomic E-state index is 10.3. The Morgan fingerprint density at radius 1 is 1.26 bits per heavy atom. The fourth-order valence-corrected chi connectivity index (χ4v) is 2.93. The number of ether oxygens (including phenoxy) is 1. The van der Waals surface area contributed by atoms with Gasteiger partial charge in [0.25, 0.3) is 0 Å². The summed E-state index contributed by atoms with van der Waals surface area (Å²) >= 11 is 0. The Morgan fingerprint density at radius 3 is 2.68 bits per heavy atom. The van der Waals surface area contributed by atoms with Crippen molar-refractivity contribution in [2.24, 2.45) is 5.92 Å². The van der Waals surface area contributed by atoms with Crippen LogP contribution in [-0.2, 0) is 0 Å². The summed E-state index contributed by atoms with van der Waals surface area (Å²) in [6.45, 7) is 4.03. The van der Waals surface area contributed by atoms with Gasteiger partial charge in [-0.1, -0.05) is 37.8 Å². The van der Waals surface area contributed by atoms with E-state index in [1.54, 1.807) is 0 Å². The molecule has 0 aliphatic heterocycles. The Morgan fingerprint density at radius 2 is 2.00 bits per heavy atom. The molecule has 1 fully saturated rings. The Hall–Kier alpha value is -1.02. The van der Waals surface area contributed by atoms with E-state index in [0.29, 0.717) is 0 Å². The lowest BCUT2D eigenvalue weighted by atomic mass is 9.96. The van der Waals surface area contributed by atoms with Crippen molar-refractivity contribution in [1.29, 1.82) is 0 Å². The summed E-state index contributed by atoms with van der Waals surface area (Å²) in [6.07, 6.45) is 7.29. The molecular formula is C17H26O2. The second-order valence-electron chi connectivity index (χ2n) is 5.98. The molecule has 0 heterocycles. The standard InChI is InChI=1S/C17H26O2/c1-13(2)19-16-9-5-8-15(12-16)17(18)11-10-14-6-3-4-7-14/h5,8-9,12-14,17-18H,3-4,6-7,10-11H2,1-2H3. The summed E-state index contributed by atoms with van der Waals surface area (Å²) in [5.41, 5.74) is 0.983. The highest BCUT2D eigenvalue weighted by Gasteiger charge is 2.17. The van der Waals surface area contributed by atoms with Crippen LogP contribution in [0, 0.1) is 5.92 Å². The highest BCUT2D eigenvalue weighted by atomic mass is 16.5. The van der Waals surface area contributed by atoms with Gasteiger partial charge >= 0.3 is 0 Å². The van der Waals surface area contributed by atoms with E-state index in [0.717, 1.165) is 30.1 Å². The minimum absolute atomic E-state index is 0.172. The Kier molecular flexibility index (Phi) is 5.26. The molecule has 0 spiro atoms. The Bertz CT molecular complexity index is 381. The van der Waals surface area contributed by atoms with E-state index in [4.69, 9.17) is 4.74 Å². The largest absolute Gasteiger partial charge is 0.491 e. The first-order valence-corrected chi connectivity index (χ1v) is 7.60. The second kappa shape index (κ2) is 6.95. The average molecular weight is 262 g/mol. The predicted molar refractivity (Wildman–Crippen MR) is 78.4 cm³/mol. The summed E-state index contributed by atoms with van der Waals surface area (Å²) in [5, 5.41) is 10.3. The van der Waals surface area contributed by atoms with Crippen LogP contribution in [0.1, 0.15) is 64.0 Å². The first-order chi connectivity index (χ1) is 9.15. The van der Waals surface area contributed by atoms with E-state index in [1.807, 2.05) is 38.1 Å². The summed E-state index contributed by atoms with van der Waals surface area (Å²) < 4.78 is 5.67. The van der Waals surface area contributed by atoms with Crippen LogP contribution in [-0.4, -0.2) is 11.2 Å². The molecule has 2 rings (SSSR count). The zero-order chi connectivity index (χ0) is 13.7. The van der Waals surface area contributed by atoms with Gasteiger partial charge in [0.15, 0.2) is 0 Å². The van der Waals surface area contributed by atoms with Gasteiger partial charge in [-0.15, -0.1) is 0 Å². The molecule has 0 bridgehead atoms. The van der Waals surface area contributed by atoms with Gasteiger partial charge in [-0.3, -0.25) is 0 Å². The summed E-state index contributed by atoms with van der Waals surface area (Å²) in [5.74, 6) is 1.69. The molecule has 1 atom stereocenters. The molecule has 0 amide bonds. The van der Waals surface area contributed by atoms with E-state index in [-0.39, 0.29) is 12.2 Å². The minimum atomic E-state index is -0.351. The SMILES string of the molecule is CC(C)Oc1cccc(C(O)CCC2CCCC2)c1. The molecule has 0 aromatic heterocycles. The lowest BCUT2D eigenvalue weighted by molar-refractivity contribution is 0.156. The molecule has 1 unspecified atom stereocenters. The van der Waals surface area contributed by atoms with E-state index < -0.39 is 0 Å². The van der Waals surface area contributed by atoms with Crippen molar-refractivity contribution in [2.45, 2.75) is 64.6 Å². The lowest BCUT2D eigenvalue weighted by Gasteiger charge is -2.16. The number of rotatable bonds is 6. The quantitative estimate of drug-likeness (QED) is 0.819. The van der Waals surface area contributed by atoms with Gasteiger partial charge in [-0.25, -0.2) is 0 Å². The number of aliphatic hydroxyl groups excluding tert-OH is 1. The summed E-state index contributed by atoms with van der Waals surface area (Å²) in [4.78, 5) is 0. The monoisotopic (exact) mass is 262 g/mol. The van der Waals surface area contributed by atoms with Crippen LogP contribution in [0.15, 0.2) is 24.3 Å². The van der Waals surface area contributed by atoms with Crippen molar-refractivity contribution in [2.75, 3.05) is 0 Å². The Balaban J connectivity index is 1.88. The van der Waals surface area contributed by atoms with Crippen molar-refractivity contribution in [3.05, 3.63) is 29.8 Å². The summed E-state index contributed by atoms with van der Waals surface area (Å²) in [6, 6.07) is 7.88. The molecule has 1 saturated carbocycles. The highest BCUT2D eigenvalue weighted by Crippen LogP contribution is 2.32. The third-order valence-electron chi connectivity index (χ3n) is 3.94. The predicted octanol–water partition coefficient (Wildman–Crippen LogP) is 4.48. The van der Waals surface area contributed by atoms with Crippen molar-refractivity contribution in [3.8, 4) is 5.75 Å². The zero-order valence-corrected chi connectivity index (χ0v) is 12.1. The molecule has 2 nitrogen and oxygen atoms in total. The van der Waals surface area contributed by atoms with Gasteiger partial charge in [-0.05, 0) is 50.3 Å². The minimum Gasteiger partial charge on any atom is -0.491 e. The normalized spacial score (nSPS) is 17.9. The van der Waals surface area contributed by atoms with Crippen LogP contribution in [0.5, 0.6) is 5.75 Å². The second-order valence-corrected chi connectivity index (χ2v) is 5.98. The van der Waals surface area contributed by atoms with Crippen molar-refractivity contribution in [3.63, 3.8) is 0 Å². The lowest BCUT2D eigenvalue weighted by Crippen LogP contribution is -2.06. The van der Waals surface area contributed by atoms with Gasteiger partial charge in [-0.2, -0.15) is 0 Å². The fourth-order valence-electron chi connectivity index (χ4n) is 2.93. The average Bonchev–Trinajstić information content (AvgIpc) is 2.88. The molecule has 1 aliphatic carbocycles. The van der Waals surface area contributed by atoms with E-state index >= 15 is 0 Å². The molecule has 0 saturated heterocycles. The van der Waals surface area contributed by atoms with Crippen LogP contribution >= 0.6 is 0 Å². The van der Waals surface area contributed by atoms with Crippen molar-refractivity contribution in [1.82, 2.24) is 0 Å². The molecule has 1 aliphatic rings. The molecule has 1 aromatic rings. The van der Waals surface area contributed by atoms with E-state index in [9.17, 15) is 5.11 Å². The third kappa shape index (κ3) is 4.54. The number of benzene rings is 1. The molecular weight excluding hydrogens is 236 g/mol. The van der Waals surface area contributed by atoms with Crippen LogP contribution in [0.25, 0.3) is 0 Å². The van der Waals surface area contributed by atoms with Crippen molar-refractivity contribution < 1.29 is 9.84 Å². The zero-order valence-electron chi connectivity index (χ0n) is 12.1. The van der Waals surface area contributed by atoms with Gasteiger partial charge in [0, 0.05) is 0 Å². The van der Waals surface area contributed by atoms with E-state index in [2.05, 4.69) is 0 Å². The third-order valence-corrected chi connectivity index (χ3v) is 3.94. The summed E-state index contributed by atoms with van der Waals surface area (Å²) in [7, 11) is 0. The smallest absolute Gasteiger partial charge is 0.120 e. The number of aliphatic hydroxyl groups is 1. The maximum Gasteiger partial charge on any atom is 0.120 e. The van der Waals surface area contributed by atoms with Crippen LogP contribution in [0.2, 0.25) is 0 Å². The van der Waals surface area contributed by atoms with Crippen LogP contribution < -0.4 is 4.74 Å². The first kappa shape index (κ1) is 14.4. The van der Waals surface area contributed by atoms with Gasteiger partial charge in [0.1, 0.15) is 5.75 Å². The fraction of sp³-hybridized carbons (Fsp3) is 0.647. The van der Waals surface area contributed by atoms with Crippen molar-refractivity contribution >= 4 is 0 Å². The molecule has 106 valence electrons. The van der Waals surface area contributed by atoms with Gasteiger partial charge in [0.2, 0.25) is 0 Å². The first-order valence-electron chi connectivity index (χ1n) is 7.60. The molecule has 1 aromatic carbocycles. The highest BCUT2D eigenvalue weighted by molar-refractivity contribution is 5.30.